The minimum absolute atomic E-state index is 0.252. The van der Waals surface area contributed by atoms with E-state index >= 15 is 0 Å². The van der Waals surface area contributed by atoms with Crippen LogP contribution in [0.4, 0.5) is 5.82 Å². The number of aryl methyl sites for hydroxylation is 1. The Labute approximate surface area is 167 Å². The van der Waals surface area contributed by atoms with Gasteiger partial charge in [-0.25, -0.2) is 18.4 Å². The smallest absolute Gasteiger partial charge is 0.257 e. The molecule has 0 bridgehead atoms. The van der Waals surface area contributed by atoms with Gasteiger partial charge in [-0.3, -0.25) is 0 Å². The molecule has 0 amide bonds. The number of hydrogen-bond donors (Lipinski definition) is 0. The lowest BCUT2D eigenvalue weighted by molar-refractivity contribution is 0.125. The first-order chi connectivity index (χ1) is 13.4. The maximum Gasteiger partial charge on any atom is 0.257 e. The highest BCUT2D eigenvalue weighted by Crippen LogP contribution is 2.26. The molecular weight excluding hydrogens is 376 g/mol. The van der Waals surface area contributed by atoms with Crippen LogP contribution in [0.1, 0.15) is 31.7 Å². The molecule has 28 heavy (non-hydrogen) atoms. The lowest BCUT2D eigenvalue weighted by Crippen LogP contribution is -2.44. The van der Waals surface area contributed by atoms with Crippen molar-refractivity contribution in [2.45, 2.75) is 43.6 Å². The first-order valence-corrected chi connectivity index (χ1v) is 11.1. The second kappa shape index (κ2) is 8.87. The predicted molar refractivity (Wildman–Crippen MR) is 109 cm³/mol. The maximum absolute atomic E-state index is 13.1. The zero-order valence-electron chi connectivity index (χ0n) is 16.7. The summed E-state index contributed by atoms with van der Waals surface area (Å²) >= 11 is 0. The number of piperidine rings is 1. The summed E-state index contributed by atoms with van der Waals surface area (Å²) in [5.41, 5.74) is 1.15. The molecule has 0 N–H and O–H groups in total. The van der Waals surface area contributed by atoms with Crippen molar-refractivity contribution in [3.8, 4) is 5.88 Å². The van der Waals surface area contributed by atoms with Crippen LogP contribution >= 0.6 is 0 Å². The summed E-state index contributed by atoms with van der Waals surface area (Å²) in [7, 11) is 0.205. The van der Waals surface area contributed by atoms with E-state index in [-0.39, 0.29) is 6.10 Å². The number of sulfonamides is 1. The van der Waals surface area contributed by atoms with E-state index in [0.29, 0.717) is 29.7 Å². The van der Waals surface area contributed by atoms with Crippen LogP contribution in [0.2, 0.25) is 0 Å². The van der Waals surface area contributed by atoms with Gasteiger partial charge in [-0.05, 0) is 37.0 Å². The van der Waals surface area contributed by atoms with Gasteiger partial charge in [-0.15, -0.1) is 0 Å². The number of aromatic nitrogens is 2. The monoisotopic (exact) mass is 404 g/mol. The maximum atomic E-state index is 13.1. The molecule has 2 heterocycles. The van der Waals surface area contributed by atoms with Crippen molar-refractivity contribution >= 4 is 15.8 Å². The van der Waals surface area contributed by atoms with Crippen molar-refractivity contribution in [2.75, 3.05) is 32.1 Å². The first-order valence-electron chi connectivity index (χ1n) is 9.66. The Morgan fingerprint density at radius 2 is 1.89 bits per heavy atom. The molecule has 0 spiro atoms. The molecular formula is C20H28N4O3S. The van der Waals surface area contributed by atoms with Gasteiger partial charge in [-0.2, -0.15) is 4.31 Å². The zero-order valence-corrected chi connectivity index (χ0v) is 17.5. The van der Waals surface area contributed by atoms with E-state index in [0.717, 1.165) is 31.2 Å². The molecule has 1 aromatic heterocycles. The Morgan fingerprint density at radius 1 is 1.18 bits per heavy atom. The first kappa shape index (κ1) is 20.5. The van der Waals surface area contributed by atoms with E-state index in [4.69, 9.17) is 4.74 Å². The van der Waals surface area contributed by atoms with Crippen LogP contribution < -0.4 is 9.64 Å². The van der Waals surface area contributed by atoms with Gasteiger partial charge in [-0.1, -0.05) is 25.5 Å². The van der Waals surface area contributed by atoms with Crippen molar-refractivity contribution in [3.63, 3.8) is 0 Å². The molecule has 0 aliphatic carbocycles. The van der Waals surface area contributed by atoms with Crippen LogP contribution in [0.3, 0.4) is 0 Å². The van der Waals surface area contributed by atoms with Crippen LogP contribution in [0.15, 0.2) is 41.6 Å². The van der Waals surface area contributed by atoms with Gasteiger partial charge in [0.2, 0.25) is 10.0 Å². The molecule has 1 aromatic carbocycles. The number of benzene rings is 1. The zero-order chi connectivity index (χ0) is 20.1. The molecule has 0 radical (unpaired) electrons. The number of anilines is 1. The highest BCUT2D eigenvalue weighted by molar-refractivity contribution is 7.89. The molecule has 0 saturated carbocycles. The van der Waals surface area contributed by atoms with E-state index in [1.807, 2.05) is 31.1 Å². The van der Waals surface area contributed by atoms with E-state index < -0.39 is 10.0 Å². The van der Waals surface area contributed by atoms with Crippen molar-refractivity contribution < 1.29 is 13.2 Å². The summed E-state index contributed by atoms with van der Waals surface area (Å²) in [6.45, 7) is 2.92. The SMILES string of the molecule is CCCc1ccc(S(=O)(=O)N2CCCC(Oc3nccnc3N(C)C)C2)cc1. The van der Waals surface area contributed by atoms with Gasteiger partial charge < -0.3 is 9.64 Å². The standard InChI is InChI=1S/C20H28N4O3S/c1-4-6-16-8-10-18(11-9-16)28(25,26)24-14-5-7-17(15-24)27-20-19(23(2)3)21-12-13-22-20/h8-13,17H,4-7,14-15H2,1-3H3. The molecule has 3 rings (SSSR count). The van der Waals surface area contributed by atoms with Crippen LogP contribution in [0.5, 0.6) is 5.88 Å². The average Bonchev–Trinajstić information content (AvgIpc) is 2.69. The van der Waals surface area contributed by atoms with E-state index in [1.165, 1.54) is 4.31 Å². The van der Waals surface area contributed by atoms with Crippen LogP contribution in [0.25, 0.3) is 0 Å². The fourth-order valence-corrected chi connectivity index (χ4v) is 4.86. The number of rotatable bonds is 7. The van der Waals surface area contributed by atoms with Gasteiger partial charge >= 0.3 is 0 Å². The molecule has 152 valence electrons. The molecule has 8 heteroatoms. The number of ether oxygens (including phenoxy) is 1. The molecule has 2 aromatic rings. The minimum Gasteiger partial charge on any atom is -0.470 e. The van der Waals surface area contributed by atoms with E-state index in [1.54, 1.807) is 24.5 Å². The van der Waals surface area contributed by atoms with Gasteiger partial charge in [0.05, 0.1) is 11.4 Å². The third-order valence-electron chi connectivity index (χ3n) is 4.79. The summed E-state index contributed by atoms with van der Waals surface area (Å²) in [6.07, 6.45) is 6.46. The van der Waals surface area contributed by atoms with Crippen molar-refractivity contribution in [1.29, 1.82) is 0 Å². The quantitative estimate of drug-likeness (QED) is 0.706. The Hall–Kier alpha value is -2.19. The van der Waals surface area contributed by atoms with Gasteiger partial charge in [0.25, 0.3) is 5.88 Å². The molecule has 1 aliphatic rings. The predicted octanol–water partition coefficient (Wildman–Crippen LogP) is 2.73. The van der Waals surface area contributed by atoms with Crippen LogP contribution in [-0.2, 0) is 16.4 Å². The van der Waals surface area contributed by atoms with E-state index in [2.05, 4.69) is 16.9 Å². The highest BCUT2D eigenvalue weighted by Gasteiger charge is 2.31. The lowest BCUT2D eigenvalue weighted by atomic mass is 10.1. The van der Waals surface area contributed by atoms with Gasteiger partial charge in [0.1, 0.15) is 6.10 Å². The minimum atomic E-state index is -3.54. The fourth-order valence-electron chi connectivity index (χ4n) is 3.35. The summed E-state index contributed by atoms with van der Waals surface area (Å²) < 4.78 is 33.7. The van der Waals surface area contributed by atoms with E-state index in [9.17, 15) is 8.42 Å². The molecule has 1 aliphatic heterocycles. The Balaban J connectivity index is 1.74. The normalized spacial score (nSPS) is 18.0. The molecule has 1 atom stereocenters. The average molecular weight is 405 g/mol. The third-order valence-corrected chi connectivity index (χ3v) is 6.67. The van der Waals surface area contributed by atoms with Crippen LogP contribution in [0, 0.1) is 0 Å². The summed E-state index contributed by atoms with van der Waals surface area (Å²) in [5, 5.41) is 0. The summed E-state index contributed by atoms with van der Waals surface area (Å²) in [5.74, 6) is 1.06. The number of nitrogens with zero attached hydrogens (tertiary/aromatic N) is 4. The van der Waals surface area contributed by atoms with Gasteiger partial charge in [0, 0.05) is 33.0 Å². The molecule has 1 fully saturated rings. The Kier molecular flexibility index (Phi) is 6.51. The lowest BCUT2D eigenvalue weighted by Gasteiger charge is -2.32. The fraction of sp³-hybridized carbons (Fsp3) is 0.500. The Bertz CT molecular complexity index is 885. The molecule has 1 unspecified atom stereocenters. The summed E-state index contributed by atoms with van der Waals surface area (Å²) in [6, 6.07) is 7.21. The molecule has 7 nitrogen and oxygen atoms in total. The van der Waals surface area contributed by atoms with Crippen molar-refractivity contribution in [3.05, 3.63) is 42.2 Å². The summed E-state index contributed by atoms with van der Waals surface area (Å²) in [4.78, 5) is 10.7. The van der Waals surface area contributed by atoms with Crippen molar-refractivity contribution in [2.24, 2.45) is 0 Å². The molecule has 1 saturated heterocycles. The van der Waals surface area contributed by atoms with Crippen molar-refractivity contribution in [1.82, 2.24) is 14.3 Å². The number of hydrogen-bond acceptors (Lipinski definition) is 6. The topological polar surface area (TPSA) is 75.6 Å². The second-order valence-electron chi connectivity index (χ2n) is 7.22. The largest absolute Gasteiger partial charge is 0.470 e. The third kappa shape index (κ3) is 4.62. The Morgan fingerprint density at radius 3 is 2.57 bits per heavy atom. The van der Waals surface area contributed by atoms with Gasteiger partial charge in [0.15, 0.2) is 5.82 Å². The van der Waals surface area contributed by atoms with Crippen LogP contribution in [-0.4, -0.2) is 56.0 Å². The highest BCUT2D eigenvalue weighted by atomic mass is 32.2. The second-order valence-corrected chi connectivity index (χ2v) is 9.16.